The van der Waals surface area contributed by atoms with Gasteiger partial charge in [0, 0.05) is 5.69 Å². The van der Waals surface area contributed by atoms with E-state index in [1.54, 1.807) is 24.3 Å². The summed E-state index contributed by atoms with van der Waals surface area (Å²) in [5.41, 5.74) is 5.56. The molecule has 0 unspecified atom stereocenters. The van der Waals surface area contributed by atoms with Crippen LogP contribution in [0.15, 0.2) is 84.0 Å². The Kier molecular flexibility index (Phi) is 6.73. The van der Waals surface area contributed by atoms with Gasteiger partial charge in [0.25, 0.3) is 0 Å². The maximum atomic E-state index is 11.9. The third-order valence-corrected chi connectivity index (χ3v) is 3.97. The number of amides is 2. The number of ether oxygens (including phenoxy) is 1. The molecule has 0 fully saturated rings. The van der Waals surface area contributed by atoms with Gasteiger partial charge in [-0.25, -0.2) is 5.43 Å². The van der Waals surface area contributed by atoms with Crippen LogP contribution in [-0.2, 0) is 16.2 Å². The van der Waals surface area contributed by atoms with Crippen LogP contribution in [0.5, 0.6) is 5.75 Å². The van der Waals surface area contributed by atoms with E-state index in [-0.39, 0.29) is 0 Å². The van der Waals surface area contributed by atoms with Crippen molar-refractivity contribution in [3.05, 3.63) is 95.6 Å². The summed E-state index contributed by atoms with van der Waals surface area (Å²) in [5, 5.41) is 6.37. The first-order valence-electron chi connectivity index (χ1n) is 9.08. The van der Waals surface area contributed by atoms with Crippen LogP contribution in [0.1, 0.15) is 16.7 Å². The van der Waals surface area contributed by atoms with E-state index in [0.29, 0.717) is 18.0 Å². The van der Waals surface area contributed by atoms with Crippen LogP contribution in [0.2, 0.25) is 0 Å². The molecule has 3 rings (SSSR count). The van der Waals surface area contributed by atoms with E-state index >= 15 is 0 Å². The molecule has 0 aromatic heterocycles. The van der Waals surface area contributed by atoms with E-state index < -0.39 is 11.8 Å². The molecule has 0 aliphatic carbocycles. The molecule has 146 valence electrons. The average Bonchev–Trinajstić information content (AvgIpc) is 2.73. The zero-order chi connectivity index (χ0) is 20.5. The summed E-state index contributed by atoms with van der Waals surface area (Å²) >= 11 is 0. The first-order chi connectivity index (χ1) is 14.1. The van der Waals surface area contributed by atoms with Crippen molar-refractivity contribution in [1.82, 2.24) is 5.43 Å². The van der Waals surface area contributed by atoms with Crippen molar-refractivity contribution in [1.29, 1.82) is 0 Å². The van der Waals surface area contributed by atoms with Crippen LogP contribution in [-0.4, -0.2) is 18.0 Å². The normalized spacial score (nSPS) is 10.5. The van der Waals surface area contributed by atoms with Crippen LogP contribution >= 0.6 is 0 Å². The van der Waals surface area contributed by atoms with E-state index in [4.69, 9.17) is 4.74 Å². The van der Waals surface area contributed by atoms with Gasteiger partial charge in [-0.2, -0.15) is 5.10 Å². The average molecular weight is 387 g/mol. The first kappa shape index (κ1) is 19.8. The lowest BCUT2D eigenvalue weighted by atomic mass is 10.2. The lowest BCUT2D eigenvalue weighted by molar-refractivity contribution is -0.136. The van der Waals surface area contributed by atoms with Gasteiger partial charge in [0.2, 0.25) is 0 Å². The minimum atomic E-state index is -0.848. The van der Waals surface area contributed by atoms with Crippen molar-refractivity contribution < 1.29 is 14.3 Å². The highest BCUT2D eigenvalue weighted by Crippen LogP contribution is 2.14. The van der Waals surface area contributed by atoms with Crippen molar-refractivity contribution in [2.75, 3.05) is 5.32 Å². The summed E-state index contributed by atoms with van der Waals surface area (Å²) < 4.78 is 5.76. The number of anilines is 1. The number of nitrogens with zero attached hydrogens (tertiary/aromatic N) is 1. The van der Waals surface area contributed by atoms with Gasteiger partial charge < -0.3 is 10.1 Å². The molecule has 0 bridgehead atoms. The van der Waals surface area contributed by atoms with Gasteiger partial charge in [0.15, 0.2) is 0 Å². The molecule has 29 heavy (non-hydrogen) atoms. The molecule has 3 aromatic rings. The molecule has 0 radical (unpaired) electrons. The second-order valence-electron chi connectivity index (χ2n) is 6.37. The van der Waals surface area contributed by atoms with E-state index in [1.165, 1.54) is 6.21 Å². The molecule has 0 atom stereocenters. The van der Waals surface area contributed by atoms with E-state index in [0.717, 1.165) is 16.7 Å². The molecule has 0 saturated heterocycles. The Balaban J connectivity index is 1.51. The SMILES string of the molecule is Cc1cccc(NC(=O)C(=O)N/N=C/c2cccc(OCc3ccccc3)c2)c1. The smallest absolute Gasteiger partial charge is 0.329 e. The molecule has 6 heteroatoms. The maximum Gasteiger partial charge on any atom is 0.329 e. The minimum Gasteiger partial charge on any atom is -0.489 e. The summed E-state index contributed by atoms with van der Waals surface area (Å²) in [6.45, 7) is 2.36. The van der Waals surface area contributed by atoms with Gasteiger partial charge in [-0.05, 0) is 47.9 Å². The number of hydrazone groups is 1. The third-order valence-electron chi connectivity index (χ3n) is 3.97. The van der Waals surface area contributed by atoms with Crippen LogP contribution in [0.3, 0.4) is 0 Å². The summed E-state index contributed by atoms with van der Waals surface area (Å²) in [6, 6.07) is 24.3. The summed E-state index contributed by atoms with van der Waals surface area (Å²) in [4.78, 5) is 23.8. The Hall–Kier alpha value is -3.93. The summed E-state index contributed by atoms with van der Waals surface area (Å²) in [6.07, 6.45) is 1.45. The summed E-state index contributed by atoms with van der Waals surface area (Å²) in [7, 11) is 0. The molecule has 0 heterocycles. The number of hydrogen-bond donors (Lipinski definition) is 2. The van der Waals surface area contributed by atoms with Gasteiger partial charge in [0.05, 0.1) is 6.21 Å². The van der Waals surface area contributed by atoms with Gasteiger partial charge in [0.1, 0.15) is 12.4 Å². The first-order valence-corrected chi connectivity index (χ1v) is 9.08. The Morgan fingerprint density at radius 1 is 0.931 bits per heavy atom. The van der Waals surface area contributed by atoms with E-state index in [9.17, 15) is 9.59 Å². The molecule has 0 aliphatic heterocycles. The Bertz CT molecular complexity index is 1020. The molecule has 0 spiro atoms. The predicted molar refractivity (Wildman–Crippen MR) is 113 cm³/mol. The largest absolute Gasteiger partial charge is 0.489 e. The number of carbonyl (C=O) groups excluding carboxylic acids is 2. The Labute approximate surface area is 169 Å². The van der Waals surface area contributed by atoms with Crippen LogP contribution in [0, 0.1) is 6.92 Å². The minimum absolute atomic E-state index is 0.456. The zero-order valence-corrected chi connectivity index (χ0v) is 16.0. The second kappa shape index (κ2) is 9.85. The van der Waals surface area contributed by atoms with Crippen molar-refractivity contribution >= 4 is 23.7 Å². The van der Waals surface area contributed by atoms with Crippen molar-refractivity contribution in [2.24, 2.45) is 5.10 Å². The fourth-order valence-corrected chi connectivity index (χ4v) is 2.55. The topological polar surface area (TPSA) is 79.8 Å². The highest BCUT2D eigenvalue weighted by atomic mass is 16.5. The van der Waals surface area contributed by atoms with Crippen molar-refractivity contribution in [3.63, 3.8) is 0 Å². The number of rotatable bonds is 6. The highest BCUT2D eigenvalue weighted by molar-refractivity contribution is 6.39. The van der Waals surface area contributed by atoms with E-state index in [1.807, 2.05) is 61.5 Å². The molecule has 2 N–H and O–H groups in total. The van der Waals surface area contributed by atoms with Crippen molar-refractivity contribution in [3.8, 4) is 5.75 Å². The standard InChI is InChI=1S/C23H21N3O3/c1-17-7-5-11-20(13-17)25-22(27)23(28)26-24-15-19-10-6-12-21(14-19)29-16-18-8-3-2-4-9-18/h2-15H,16H2,1H3,(H,25,27)(H,26,28)/b24-15+. The molecule has 3 aromatic carbocycles. The second-order valence-corrected chi connectivity index (χ2v) is 6.37. The predicted octanol–water partition coefficient (Wildman–Crippen LogP) is 3.66. The monoisotopic (exact) mass is 387 g/mol. The Morgan fingerprint density at radius 2 is 1.72 bits per heavy atom. The quantitative estimate of drug-likeness (QED) is 0.385. The molecule has 2 amide bonds. The number of aryl methyl sites for hydroxylation is 1. The summed E-state index contributed by atoms with van der Waals surface area (Å²) in [5.74, 6) is -0.951. The maximum absolute atomic E-state index is 11.9. The van der Waals surface area contributed by atoms with Gasteiger partial charge >= 0.3 is 11.8 Å². The lowest BCUT2D eigenvalue weighted by Crippen LogP contribution is -2.32. The fourth-order valence-electron chi connectivity index (χ4n) is 2.55. The fraction of sp³-hybridized carbons (Fsp3) is 0.0870. The molecular weight excluding hydrogens is 366 g/mol. The molecule has 0 saturated carbocycles. The Morgan fingerprint density at radius 3 is 2.52 bits per heavy atom. The van der Waals surface area contributed by atoms with E-state index in [2.05, 4.69) is 15.8 Å². The highest BCUT2D eigenvalue weighted by Gasteiger charge is 2.12. The van der Waals surface area contributed by atoms with Crippen molar-refractivity contribution in [2.45, 2.75) is 13.5 Å². The molecule has 6 nitrogen and oxygen atoms in total. The van der Waals surface area contributed by atoms with Crippen LogP contribution in [0.4, 0.5) is 5.69 Å². The molecular formula is C23H21N3O3. The number of benzene rings is 3. The number of hydrogen-bond acceptors (Lipinski definition) is 4. The van der Waals surface area contributed by atoms with Crippen LogP contribution < -0.4 is 15.5 Å². The number of nitrogens with one attached hydrogen (secondary N) is 2. The zero-order valence-electron chi connectivity index (χ0n) is 16.0. The third kappa shape index (κ3) is 6.32. The molecule has 0 aliphatic rings. The lowest BCUT2D eigenvalue weighted by Gasteiger charge is -2.07. The van der Waals surface area contributed by atoms with Gasteiger partial charge in [-0.15, -0.1) is 0 Å². The van der Waals surface area contributed by atoms with Gasteiger partial charge in [-0.1, -0.05) is 54.6 Å². The number of carbonyl (C=O) groups is 2. The van der Waals surface area contributed by atoms with Crippen LogP contribution in [0.25, 0.3) is 0 Å². The van der Waals surface area contributed by atoms with Gasteiger partial charge in [-0.3, -0.25) is 9.59 Å².